The van der Waals surface area contributed by atoms with Crippen LogP contribution in [0.5, 0.6) is 0 Å². The van der Waals surface area contributed by atoms with Crippen LogP contribution in [0.15, 0.2) is 65.9 Å². The average Bonchev–Trinajstić information content (AvgIpc) is 2.78. The maximum absolute atomic E-state index is 12.4. The first-order valence-electron chi connectivity index (χ1n) is 6.46. The molecule has 1 fully saturated rings. The van der Waals surface area contributed by atoms with Crippen molar-refractivity contribution >= 4 is 40.5 Å². The van der Waals surface area contributed by atoms with Gasteiger partial charge in [-0.05, 0) is 48.7 Å². The lowest BCUT2D eigenvalue weighted by atomic mass is 10.0. The fourth-order valence-corrected chi connectivity index (χ4v) is 2.44. The van der Waals surface area contributed by atoms with Crippen molar-refractivity contribution in [1.82, 2.24) is 5.32 Å². The molecule has 6 heteroatoms. The molecule has 108 valence electrons. The highest BCUT2D eigenvalue weighted by Gasteiger charge is 2.32. The highest BCUT2D eigenvalue weighted by Crippen LogP contribution is 2.22. The second-order valence-electron chi connectivity index (χ2n) is 4.66. The molecule has 1 aliphatic carbocycles. The van der Waals surface area contributed by atoms with Crippen molar-refractivity contribution in [2.45, 2.75) is 0 Å². The minimum Gasteiger partial charge on any atom is -0.327 e. The van der Waals surface area contributed by atoms with Gasteiger partial charge in [-0.25, -0.2) is 0 Å². The Balaban J connectivity index is 1.93. The number of rotatable bonds is 2. The van der Waals surface area contributed by atoms with E-state index in [9.17, 15) is 14.4 Å². The van der Waals surface area contributed by atoms with Gasteiger partial charge in [0.2, 0.25) is 0 Å². The van der Waals surface area contributed by atoms with E-state index in [1.165, 1.54) is 29.2 Å². The third kappa shape index (κ3) is 2.51. The molecular weight excluding hydrogens is 300 g/mol. The summed E-state index contributed by atoms with van der Waals surface area (Å²) in [6, 6.07) is 8.94. The van der Waals surface area contributed by atoms with Gasteiger partial charge < -0.3 is 5.32 Å². The molecule has 22 heavy (non-hydrogen) atoms. The van der Waals surface area contributed by atoms with Crippen molar-refractivity contribution in [3.05, 3.63) is 65.9 Å². The Labute approximate surface area is 131 Å². The van der Waals surface area contributed by atoms with Gasteiger partial charge in [0, 0.05) is 5.57 Å². The first-order chi connectivity index (χ1) is 10.6. The number of ketones is 2. The second kappa shape index (κ2) is 5.50. The van der Waals surface area contributed by atoms with Gasteiger partial charge in [0.05, 0.1) is 5.69 Å². The highest BCUT2D eigenvalue weighted by molar-refractivity contribution is 7.80. The third-order valence-corrected chi connectivity index (χ3v) is 3.46. The van der Waals surface area contributed by atoms with Gasteiger partial charge in [0.1, 0.15) is 5.70 Å². The largest absolute Gasteiger partial charge is 0.327 e. The molecule has 0 saturated carbocycles. The molecule has 1 aromatic carbocycles. The normalized spacial score (nSPS) is 19.7. The van der Waals surface area contributed by atoms with Crippen LogP contribution >= 0.6 is 12.2 Å². The van der Waals surface area contributed by atoms with E-state index in [1.807, 2.05) is 6.07 Å². The van der Waals surface area contributed by atoms with E-state index in [2.05, 4.69) is 5.32 Å². The van der Waals surface area contributed by atoms with Crippen LogP contribution in [-0.4, -0.2) is 22.6 Å². The zero-order chi connectivity index (χ0) is 15.7. The Bertz CT molecular complexity index is 791. The van der Waals surface area contributed by atoms with E-state index < -0.39 is 0 Å². The Morgan fingerprint density at radius 1 is 1.05 bits per heavy atom. The molecule has 0 unspecified atom stereocenters. The van der Waals surface area contributed by atoms with Crippen molar-refractivity contribution in [1.29, 1.82) is 0 Å². The van der Waals surface area contributed by atoms with Crippen LogP contribution in [-0.2, 0) is 14.4 Å². The van der Waals surface area contributed by atoms with E-state index in [0.29, 0.717) is 5.69 Å². The smallest absolute Gasteiger partial charge is 0.281 e. The predicted octanol–water partition coefficient (Wildman–Crippen LogP) is 1.43. The van der Waals surface area contributed by atoms with E-state index in [-0.39, 0.29) is 33.9 Å². The summed E-state index contributed by atoms with van der Waals surface area (Å²) in [6.45, 7) is 0. The van der Waals surface area contributed by atoms with E-state index in [4.69, 9.17) is 12.2 Å². The van der Waals surface area contributed by atoms with Crippen molar-refractivity contribution in [2.75, 3.05) is 4.90 Å². The van der Waals surface area contributed by atoms with Crippen LogP contribution in [0.25, 0.3) is 0 Å². The van der Waals surface area contributed by atoms with Gasteiger partial charge in [0.25, 0.3) is 5.91 Å². The lowest BCUT2D eigenvalue weighted by Gasteiger charge is -2.13. The Morgan fingerprint density at radius 3 is 2.50 bits per heavy atom. The van der Waals surface area contributed by atoms with Gasteiger partial charge in [-0.3, -0.25) is 19.3 Å². The number of amides is 1. The van der Waals surface area contributed by atoms with Crippen LogP contribution in [0.1, 0.15) is 0 Å². The summed E-state index contributed by atoms with van der Waals surface area (Å²) >= 11 is 5.16. The molecule has 3 rings (SSSR count). The van der Waals surface area contributed by atoms with Crippen molar-refractivity contribution in [2.24, 2.45) is 0 Å². The van der Waals surface area contributed by atoms with E-state index >= 15 is 0 Å². The standard InChI is InChI=1S/C16H10N2O3S/c19-12-6-7-14(20)10(8-12)9-13-15(21)18(16(22)17-13)11-4-2-1-3-5-11/h1-9H,(H,17,22)/b13-9-. The Morgan fingerprint density at radius 2 is 1.77 bits per heavy atom. The third-order valence-electron chi connectivity index (χ3n) is 3.17. The Kier molecular flexibility index (Phi) is 3.52. The van der Waals surface area contributed by atoms with Crippen LogP contribution < -0.4 is 10.2 Å². The van der Waals surface area contributed by atoms with Crippen LogP contribution in [0.2, 0.25) is 0 Å². The molecule has 0 spiro atoms. The second-order valence-corrected chi connectivity index (χ2v) is 5.05. The molecule has 1 aliphatic heterocycles. The van der Waals surface area contributed by atoms with Crippen LogP contribution in [0.4, 0.5) is 5.69 Å². The number of thiocarbonyl (C=S) groups is 1. The van der Waals surface area contributed by atoms with Gasteiger partial charge in [-0.15, -0.1) is 0 Å². The van der Waals surface area contributed by atoms with E-state index in [1.54, 1.807) is 24.3 Å². The molecule has 0 bridgehead atoms. The molecule has 0 atom stereocenters. The lowest BCUT2D eigenvalue weighted by molar-refractivity contribution is -0.114. The monoisotopic (exact) mass is 310 g/mol. The first kappa shape index (κ1) is 14.1. The van der Waals surface area contributed by atoms with Crippen molar-refractivity contribution < 1.29 is 14.4 Å². The fourth-order valence-electron chi connectivity index (χ4n) is 2.14. The lowest BCUT2D eigenvalue weighted by Crippen LogP contribution is -2.30. The maximum atomic E-state index is 12.4. The quantitative estimate of drug-likeness (QED) is 0.508. The molecule has 0 radical (unpaired) electrons. The summed E-state index contributed by atoms with van der Waals surface area (Å²) in [4.78, 5) is 36.9. The molecule has 2 aliphatic rings. The minimum atomic E-state index is -0.369. The number of nitrogens with one attached hydrogen (secondary N) is 1. The van der Waals surface area contributed by atoms with Gasteiger partial charge in [0.15, 0.2) is 16.7 Å². The summed E-state index contributed by atoms with van der Waals surface area (Å²) < 4.78 is 0. The van der Waals surface area contributed by atoms with Gasteiger partial charge >= 0.3 is 0 Å². The molecule has 1 aromatic rings. The van der Waals surface area contributed by atoms with Gasteiger partial charge in [-0.1, -0.05) is 18.2 Å². The number of hydrogen-bond donors (Lipinski definition) is 1. The number of nitrogens with zero attached hydrogens (tertiary/aromatic N) is 1. The number of carbonyl (C=O) groups is 3. The summed E-state index contributed by atoms with van der Waals surface area (Å²) in [5, 5.41) is 3.01. The van der Waals surface area contributed by atoms with Crippen molar-refractivity contribution in [3.8, 4) is 0 Å². The first-order valence-corrected chi connectivity index (χ1v) is 6.87. The SMILES string of the molecule is O=C1C=CC(=O)C(/C=C2\NC(=S)N(c3ccccc3)C2=O)=C1. The molecule has 0 aromatic heterocycles. The molecule has 1 N–H and O–H groups in total. The molecular formula is C16H10N2O3S. The number of carbonyl (C=O) groups excluding carboxylic acids is 3. The number of allylic oxidation sites excluding steroid dienone is 5. The van der Waals surface area contributed by atoms with Crippen LogP contribution in [0.3, 0.4) is 0 Å². The van der Waals surface area contributed by atoms with Crippen LogP contribution in [0, 0.1) is 0 Å². The van der Waals surface area contributed by atoms with E-state index in [0.717, 1.165) is 0 Å². The number of para-hydroxylation sites is 1. The zero-order valence-corrected chi connectivity index (χ0v) is 12.1. The molecule has 1 amide bonds. The average molecular weight is 310 g/mol. The molecule has 1 saturated heterocycles. The summed E-state index contributed by atoms with van der Waals surface area (Å²) in [5.41, 5.74) is 0.950. The molecule has 1 heterocycles. The molecule has 5 nitrogen and oxygen atoms in total. The minimum absolute atomic E-state index is 0.154. The summed E-state index contributed by atoms with van der Waals surface area (Å²) in [5.74, 6) is -0.989. The number of anilines is 1. The summed E-state index contributed by atoms with van der Waals surface area (Å²) in [7, 11) is 0. The Hall–Kier alpha value is -2.86. The van der Waals surface area contributed by atoms with Crippen molar-refractivity contribution in [3.63, 3.8) is 0 Å². The fraction of sp³-hybridized carbons (Fsp3) is 0. The maximum Gasteiger partial charge on any atom is 0.281 e. The highest BCUT2D eigenvalue weighted by atomic mass is 32.1. The van der Waals surface area contributed by atoms with Gasteiger partial charge in [-0.2, -0.15) is 0 Å². The summed E-state index contributed by atoms with van der Waals surface area (Å²) in [6.07, 6.45) is 4.91. The number of hydrogen-bond acceptors (Lipinski definition) is 4. The topological polar surface area (TPSA) is 66.5 Å². The number of benzene rings is 1. The zero-order valence-electron chi connectivity index (χ0n) is 11.3. The predicted molar refractivity (Wildman–Crippen MR) is 85.0 cm³/mol.